The number of hydrogen-bond donors (Lipinski definition) is 1. The number of carbonyl (C=O) groups is 1. The number of anilines is 1. The average Bonchev–Trinajstić information content (AvgIpc) is 3.32. The van der Waals surface area contributed by atoms with Crippen LogP contribution in [0.5, 0.6) is 0 Å². The Balaban J connectivity index is 1.32. The van der Waals surface area contributed by atoms with Gasteiger partial charge in [0.1, 0.15) is 5.69 Å². The highest BCUT2D eigenvalue weighted by Crippen LogP contribution is 2.34. The molecular formula is C27H24F3N7O. The van der Waals surface area contributed by atoms with E-state index in [2.05, 4.69) is 37.0 Å². The summed E-state index contributed by atoms with van der Waals surface area (Å²) in [7, 11) is 1.99. The maximum absolute atomic E-state index is 13.9. The molecule has 1 fully saturated rings. The van der Waals surface area contributed by atoms with Crippen LogP contribution in [0.3, 0.4) is 0 Å². The van der Waals surface area contributed by atoms with Gasteiger partial charge in [0.15, 0.2) is 5.65 Å². The smallest absolute Gasteiger partial charge is 0.322 e. The summed E-state index contributed by atoms with van der Waals surface area (Å²) in [6.07, 6.45) is 4.87. The Bertz CT molecular complexity index is 1530. The first-order valence-corrected chi connectivity index (χ1v) is 11.9. The van der Waals surface area contributed by atoms with Crippen molar-refractivity contribution < 1.29 is 18.0 Å². The summed E-state index contributed by atoms with van der Waals surface area (Å²) >= 11 is 0. The minimum absolute atomic E-state index is 0.0558. The summed E-state index contributed by atoms with van der Waals surface area (Å²) in [6.45, 7) is 3.22. The van der Waals surface area contributed by atoms with Crippen LogP contribution in [0.25, 0.3) is 5.65 Å². The lowest BCUT2D eigenvalue weighted by Gasteiger charge is -2.33. The first-order valence-electron chi connectivity index (χ1n) is 11.9. The Hall–Kier alpha value is -4.27. The molecule has 0 aliphatic carbocycles. The van der Waals surface area contributed by atoms with Crippen LogP contribution in [0.4, 0.5) is 18.9 Å². The molecule has 3 aromatic heterocycles. The second-order valence-corrected chi connectivity index (χ2v) is 9.06. The van der Waals surface area contributed by atoms with Crippen molar-refractivity contribution in [1.29, 1.82) is 0 Å². The van der Waals surface area contributed by atoms with E-state index in [9.17, 15) is 18.0 Å². The summed E-state index contributed by atoms with van der Waals surface area (Å²) in [5, 5.41) is 2.56. The van der Waals surface area contributed by atoms with E-state index in [1.807, 2.05) is 11.9 Å². The SMILES string of the molecule is CN1CCN(Cc2ccc(NC(=O)c3cncc(C#Cc4cnc5cnccn45)c3)cc2C(F)(F)F)CC1. The predicted molar refractivity (Wildman–Crippen MR) is 135 cm³/mol. The molecule has 11 heteroatoms. The number of imidazole rings is 1. The zero-order valence-corrected chi connectivity index (χ0v) is 20.5. The third kappa shape index (κ3) is 5.82. The third-order valence-electron chi connectivity index (χ3n) is 6.32. The molecule has 1 aliphatic heterocycles. The zero-order chi connectivity index (χ0) is 26.7. The Morgan fingerprint density at radius 1 is 1.03 bits per heavy atom. The second-order valence-electron chi connectivity index (χ2n) is 9.06. The number of benzene rings is 1. The van der Waals surface area contributed by atoms with Crippen molar-refractivity contribution >= 4 is 17.2 Å². The van der Waals surface area contributed by atoms with Gasteiger partial charge >= 0.3 is 6.18 Å². The van der Waals surface area contributed by atoms with Gasteiger partial charge in [-0.3, -0.25) is 24.1 Å². The molecule has 4 aromatic rings. The molecular weight excluding hydrogens is 495 g/mol. The molecule has 0 spiro atoms. The molecule has 0 unspecified atom stereocenters. The molecule has 1 N–H and O–H groups in total. The number of amides is 1. The lowest BCUT2D eigenvalue weighted by molar-refractivity contribution is -0.138. The van der Waals surface area contributed by atoms with E-state index in [4.69, 9.17) is 0 Å². The summed E-state index contributed by atoms with van der Waals surface area (Å²) < 4.78 is 43.4. The Morgan fingerprint density at radius 2 is 1.84 bits per heavy atom. The van der Waals surface area contributed by atoms with Crippen molar-refractivity contribution in [3.8, 4) is 11.8 Å². The fourth-order valence-electron chi connectivity index (χ4n) is 4.21. The van der Waals surface area contributed by atoms with Crippen LogP contribution in [-0.2, 0) is 12.7 Å². The Kier molecular flexibility index (Phi) is 7.09. The molecule has 0 bridgehead atoms. The quantitative estimate of drug-likeness (QED) is 0.416. The summed E-state index contributed by atoms with van der Waals surface area (Å²) in [5.74, 6) is 5.35. The molecule has 0 radical (unpaired) electrons. The number of likely N-dealkylation sites (N-methyl/N-ethyl adjacent to an activating group) is 1. The highest BCUT2D eigenvalue weighted by molar-refractivity contribution is 6.04. The minimum atomic E-state index is -4.55. The molecule has 5 rings (SSSR count). The van der Waals surface area contributed by atoms with Crippen molar-refractivity contribution in [3.05, 3.63) is 89.4 Å². The zero-order valence-electron chi connectivity index (χ0n) is 20.5. The second kappa shape index (κ2) is 10.6. The van der Waals surface area contributed by atoms with Gasteiger partial charge < -0.3 is 10.2 Å². The van der Waals surface area contributed by atoms with Gasteiger partial charge in [-0.2, -0.15) is 13.2 Å². The molecule has 1 saturated heterocycles. The Morgan fingerprint density at radius 3 is 2.63 bits per heavy atom. The van der Waals surface area contributed by atoms with Crippen molar-refractivity contribution in [2.45, 2.75) is 12.7 Å². The van der Waals surface area contributed by atoms with Gasteiger partial charge in [-0.25, -0.2) is 4.98 Å². The van der Waals surface area contributed by atoms with E-state index in [0.717, 1.165) is 19.2 Å². The van der Waals surface area contributed by atoms with Crippen molar-refractivity contribution in [3.63, 3.8) is 0 Å². The predicted octanol–water partition coefficient (Wildman–Crippen LogP) is 3.54. The number of rotatable bonds is 4. The van der Waals surface area contributed by atoms with Crippen molar-refractivity contribution in [1.82, 2.24) is 29.2 Å². The van der Waals surface area contributed by atoms with E-state index in [1.54, 1.807) is 29.2 Å². The van der Waals surface area contributed by atoms with Crippen LogP contribution in [0.2, 0.25) is 0 Å². The summed E-state index contributed by atoms with van der Waals surface area (Å²) in [4.78, 5) is 29.3. The maximum atomic E-state index is 13.9. The van der Waals surface area contributed by atoms with E-state index >= 15 is 0 Å². The number of halogens is 3. The van der Waals surface area contributed by atoms with Crippen LogP contribution in [0.1, 0.15) is 32.7 Å². The van der Waals surface area contributed by atoms with Crippen LogP contribution in [-0.4, -0.2) is 68.3 Å². The molecule has 0 saturated carbocycles. The number of nitrogens with zero attached hydrogens (tertiary/aromatic N) is 6. The molecule has 1 aromatic carbocycles. The lowest BCUT2D eigenvalue weighted by Crippen LogP contribution is -2.44. The molecule has 0 atom stereocenters. The number of nitrogens with one attached hydrogen (secondary N) is 1. The number of piperazine rings is 1. The average molecular weight is 520 g/mol. The van der Waals surface area contributed by atoms with Gasteiger partial charge in [0, 0.05) is 68.8 Å². The molecule has 4 heterocycles. The van der Waals surface area contributed by atoms with Crippen molar-refractivity contribution in [2.24, 2.45) is 0 Å². The molecule has 1 amide bonds. The molecule has 1 aliphatic rings. The van der Waals surface area contributed by atoms with Crippen molar-refractivity contribution in [2.75, 3.05) is 38.5 Å². The number of fused-ring (bicyclic) bond motifs is 1. The molecule has 8 nitrogen and oxygen atoms in total. The van der Waals surface area contributed by atoms with Crippen LogP contribution in [0.15, 0.2) is 61.4 Å². The highest BCUT2D eigenvalue weighted by Gasteiger charge is 2.34. The number of alkyl halides is 3. The number of pyridine rings is 1. The third-order valence-corrected chi connectivity index (χ3v) is 6.32. The van der Waals surface area contributed by atoms with Gasteiger partial charge in [0.2, 0.25) is 0 Å². The van der Waals surface area contributed by atoms with E-state index in [1.165, 1.54) is 30.6 Å². The largest absolute Gasteiger partial charge is 0.416 e. The fourth-order valence-corrected chi connectivity index (χ4v) is 4.21. The Labute approximate surface area is 217 Å². The van der Waals surface area contributed by atoms with Crippen LogP contribution in [0, 0.1) is 11.8 Å². The summed E-state index contributed by atoms with van der Waals surface area (Å²) in [6, 6.07) is 5.45. The van der Waals surface area contributed by atoms with Gasteiger partial charge in [0.25, 0.3) is 5.91 Å². The minimum Gasteiger partial charge on any atom is -0.322 e. The first kappa shape index (κ1) is 25.4. The maximum Gasteiger partial charge on any atom is 0.416 e. The standard InChI is InChI=1S/C27H24F3N7O/c1-35-8-10-36(11-9-35)18-20-3-4-22(13-24(20)27(28,29)30)34-26(38)21-12-19(14-32-15-21)2-5-23-16-33-25-17-31-6-7-37(23)25/h3-4,6-7,12-17H,8-11,18H2,1H3,(H,34,38). The monoisotopic (exact) mass is 519 g/mol. The van der Waals surface area contributed by atoms with Gasteiger partial charge in [0.05, 0.1) is 23.5 Å². The van der Waals surface area contributed by atoms with E-state index < -0.39 is 17.6 Å². The van der Waals surface area contributed by atoms with Gasteiger partial charge in [-0.1, -0.05) is 12.0 Å². The highest BCUT2D eigenvalue weighted by atomic mass is 19.4. The molecule has 194 valence electrons. The topological polar surface area (TPSA) is 78.7 Å². The van der Waals surface area contributed by atoms with Gasteiger partial charge in [-0.15, -0.1) is 0 Å². The van der Waals surface area contributed by atoms with Crippen LogP contribution < -0.4 is 5.32 Å². The van der Waals surface area contributed by atoms with Crippen LogP contribution >= 0.6 is 0 Å². The fraction of sp³-hybridized carbons (Fsp3) is 0.259. The number of carbonyl (C=O) groups excluding carboxylic acids is 1. The molecule has 38 heavy (non-hydrogen) atoms. The normalized spacial score (nSPS) is 14.7. The van der Waals surface area contributed by atoms with E-state index in [-0.39, 0.29) is 23.4 Å². The summed E-state index contributed by atoms with van der Waals surface area (Å²) in [5.41, 5.74) is 1.41. The van der Waals surface area contributed by atoms with E-state index in [0.29, 0.717) is 30.0 Å². The number of aromatic nitrogens is 4. The first-order chi connectivity index (χ1) is 18.3. The van der Waals surface area contributed by atoms with Gasteiger partial charge in [-0.05, 0) is 36.7 Å². The lowest BCUT2D eigenvalue weighted by atomic mass is 10.0. The number of hydrogen-bond acceptors (Lipinski definition) is 6.